The summed E-state index contributed by atoms with van der Waals surface area (Å²) in [5, 5.41) is 4.27. The van der Waals surface area contributed by atoms with E-state index in [0.717, 1.165) is 16.5 Å². The molecule has 0 saturated heterocycles. The predicted molar refractivity (Wildman–Crippen MR) is 89.0 cm³/mol. The number of hydrogen-bond donors (Lipinski definition) is 2. The average molecular weight is 315 g/mol. The molecule has 2 N–H and O–H groups in total. The zero-order valence-electron chi connectivity index (χ0n) is 12.2. The number of aromatic amines is 1. The van der Waals surface area contributed by atoms with Crippen molar-refractivity contribution in [2.24, 2.45) is 0 Å². The summed E-state index contributed by atoms with van der Waals surface area (Å²) in [7, 11) is 1.55. The molecule has 1 amide bonds. The van der Waals surface area contributed by atoms with Crippen LogP contribution in [0.25, 0.3) is 10.9 Å². The molecule has 4 nitrogen and oxygen atoms in total. The topological polar surface area (TPSA) is 54.1 Å². The van der Waals surface area contributed by atoms with Crippen LogP contribution in [-0.2, 0) is 0 Å². The summed E-state index contributed by atoms with van der Waals surface area (Å²) in [5.41, 5.74) is 3.21. The Bertz CT molecular complexity index is 855. The molecule has 5 heteroatoms. The van der Waals surface area contributed by atoms with Crippen LogP contribution in [0, 0.1) is 6.92 Å². The number of ether oxygens (including phenoxy) is 1. The van der Waals surface area contributed by atoms with Gasteiger partial charge in [-0.3, -0.25) is 4.79 Å². The van der Waals surface area contributed by atoms with Gasteiger partial charge >= 0.3 is 0 Å². The molecule has 0 saturated carbocycles. The van der Waals surface area contributed by atoms with Crippen LogP contribution in [0.3, 0.4) is 0 Å². The summed E-state index contributed by atoms with van der Waals surface area (Å²) >= 11 is 6.06. The molecule has 0 radical (unpaired) electrons. The minimum absolute atomic E-state index is 0.213. The number of benzene rings is 2. The normalized spacial score (nSPS) is 10.7. The molecule has 22 heavy (non-hydrogen) atoms. The van der Waals surface area contributed by atoms with Gasteiger partial charge in [-0.2, -0.15) is 0 Å². The Morgan fingerprint density at radius 2 is 2.00 bits per heavy atom. The maximum Gasteiger partial charge on any atom is 0.272 e. The molecule has 0 bridgehead atoms. The number of methoxy groups -OCH3 is 1. The first-order valence-corrected chi connectivity index (χ1v) is 7.19. The number of nitrogens with one attached hydrogen (secondary N) is 2. The van der Waals surface area contributed by atoms with E-state index in [9.17, 15) is 4.79 Å². The van der Waals surface area contributed by atoms with Gasteiger partial charge in [0.05, 0.1) is 12.1 Å². The van der Waals surface area contributed by atoms with E-state index in [1.54, 1.807) is 25.3 Å². The standard InChI is InChI=1S/C17H15ClN2O2/c1-10-3-4-11-8-15(20-14(11)7-10)17(21)19-12-5-6-16(22-2)13(18)9-12/h3-9,20H,1-2H3,(H,19,21). The van der Waals surface area contributed by atoms with Crippen LogP contribution in [0.1, 0.15) is 16.1 Å². The number of rotatable bonds is 3. The number of carbonyl (C=O) groups excluding carboxylic acids is 1. The summed E-state index contributed by atoms with van der Waals surface area (Å²) in [5.74, 6) is 0.357. The van der Waals surface area contributed by atoms with Crippen molar-refractivity contribution in [3.05, 3.63) is 58.7 Å². The van der Waals surface area contributed by atoms with Gasteiger partial charge in [-0.25, -0.2) is 0 Å². The minimum atomic E-state index is -0.213. The van der Waals surface area contributed by atoms with Crippen LogP contribution in [0.4, 0.5) is 5.69 Å². The van der Waals surface area contributed by atoms with Gasteiger partial charge < -0.3 is 15.0 Å². The fourth-order valence-corrected chi connectivity index (χ4v) is 2.56. The van der Waals surface area contributed by atoms with Gasteiger partial charge in [-0.05, 0) is 42.8 Å². The van der Waals surface area contributed by atoms with E-state index in [-0.39, 0.29) is 5.91 Å². The molecule has 0 aliphatic carbocycles. The number of hydrogen-bond acceptors (Lipinski definition) is 2. The molecule has 0 aliphatic rings. The molecule has 0 unspecified atom stereocenters. The number of aryl methyl sites for hydroxylation is 1. The second-order valence-corrected chi connectivity index (χ2v) is 5.48. The lowest BCUT2D eigenvalue weighted by Gasteiger charge is -2.07. The third-order valence-corrected chi connectivity index (χ3v) is 3.73. The van der Waals surface area contributed by atoms with E-state index < -0.39 is 0 Å². The van der Waals surface area contributed by atoms with Crippen molar-refractivity contribution < 1.29 is 9.53 Å². The van der Waals surface area contributed by atoms with Crippen LogP contribution in [-0.4, -0.2) is 18.0 Å². The largest absolute Gasteiger partial charge is 0.495 e. The zero-order valence-corrected chi connectivity index (χ0v) is 13.0. The van der Waals surface area contributed by atoms with Crippen molar-refractivity contribution in [1.29, 1.82) is 0 Å². The van der Waals surface area contributed by atoms with Gasteiger partial charge in [0, 0.05) is 16.6 Å². The maximum atomic E-state index is 12.3. The summed E-state index contributed by atoms with van der Waals surface area (Å²) in [6, 6.07) is 13.0. The van der Waals surface area contributed by atoms with Crippen LogP contribution < -0.4 is 10.1 Å². The number of fused-ring (bicyclic) bond motifs is 1. The number of aromatic nitrogens is 1. The lowest BCUT2D eigenvalue weighted by atomic mass is 10.2. The van der Waals surface area contributed by atoms with E-state index in [1.807, 2.05) is 31.2 Å². The number of anilines is 1. The molecule has 112 valence electrons. The summed E-state index contributed by atoms with van der Waals surface area (Å²) in [4.78, 5) is 15.4. The molecular weight excluding hydrogens is 300 g/mol. The molecule has 1 aromatic heterocycles. The molecule has 0 spiro atoms. The SMILES string of the molecule is COc1ccc(NC(=O)c2cc3ccc(C)cc3[nH]2)cc1Cl. The molecule has 3 aromatic rings. The highest BCUT2D eigenvalue weighted by molar-refractivity contribution is 6.32. The quantitative estimate of drug-likeness (QED) is 0.753. The Balaban J connectivity index is 1.85. The number of carbonyl (C=O) groups is 1. The molecule has 2 aromatic carbocycles. The molecule has 0 fully saturated rings. The lowest BCUT2D eigenvalue weighted by Crippen LogP contribution is -2.12. The molecule has 3 rings (SSSR count). The van der Waals surface area contributed by atoms with Crippen LogP contribution >= 0.6 is 11.6 Å². The highest BCUT2D eigenvalue weighted by Gasteiger charge is 2.11. The van der Waals surface area contributed by atoms with Crippen LogP contribution in [0.5, 0.6) is 5.75 Å². The Hall–Kier alpha value is -2.46. The highest BCUT2D eigenvalue weighted by Crippen LogP contribution is 2.27. The third-order valence-electron chi connectivity index (χ3n) is 3.43. The second kappa shape index (κ2) is 5.73. The highest BCUT2D eigenvalue weighted by atomic mass is 35.5. The van der Waals surface area contributed by atoms with Crippen molar-refractivity contribution in [2.75, 3.05) is 12.4 Å². The number of halogens is 1. The molecule has 0 aliphatic heterocycles. The first-order chi connectivity index (χ1) is 10.6. The Kier molecular flexibility index (Phi) is 3.77. The van der Waals surface area contributed by atoms with Gasteiger partial charge in [0.25, 0.3) is 5.91 Å². The van der Waals surface area contributed by atoms with Crippen LogP contribution in [0.15, 0.2) is 42.5 Å². The van der Waals surface area contributed by atoms with E-state index in [2.05, 4.69) is 10.3 Å². The fourth-order valence-electron chi connectivity index (χ4n) is 2.31. The summed E-state index contributed by atoms with van der Waals surface area (Å²) in [6.45, 7) is 2.01. The van der Waals surface area contributed by atoms with Gasteiger partial charge in [-0.15, -0.1) is 0 Å². The number of H-pyrrole nitrogens is 1. The van der Waals surface area contributed by atoms with E-state index in [0.29, 0.717) is 22.2 Å². The van der Waals surface area contributed by atoms with Gasteiger partial charge in [0.1, 0.15) is 11.4 Å². The molecule has 0 atom stereocenters. The Morgan fingerprint density at radius 3 is 2.73 bits per heavy atom. The maximum absolute atomic E-state index is 12.3. The smallest absolute Gasteiger partial charge is 0.272 e. The van der Waals surface area contributed by atoms with Crippen molar-refractivity contribution in [3.63, 3.8) is 0 Å². The van der Waals surface area contributed by atoms with Gasteiger partial charge in [0.15, 0.2) is 0 Å². The van der Waals surface area contributed by atoms with Crippen LogP contribution in [0.2, 0.25) is 5.02 Å². The monoisotopic (exact) mass is 314 g/mol. The zero-order chi connectivity index (χ0) is 15.7. The summed E-state index contributed by atoms with van der Waals surface area (Å²) < 4.78 is 5.09. The molecule has 1 heterocycles. The van der Waals surface area contributed by atoms with Gasteiger partial charge in [0.2, 0.25) is 0 Å². The van der Waals surface area contributed by atoms with E-state index >= 15 is 0 Å². The third kappa shape index (κ3) is 2.78. The van der Waals surface area contributed by atoms with E-state index in [4.69, 9.17) is 16.3 Å². The second-order valence-electron chi connectivity index (χ2n) is 5.08. The first-order valence-electron chi connectivity index (χ1n) is 6.81. The Morgan fingerprint density at radius 1 is 1.18 bits per heavy atom. The van der Waals surface area contributed by atoms with Crippen molar-refractivity contribution >= 4 is 34.1 Å². The van der Waals surface area contributed by atoms with Crippen molar-refractivity contribution in [2.45, 2.75) is 6.92 Å². The molecular formula is C17H15ClN2O2. The first kappa shape index (κ1) is 14.5. The number of amides is 1. The van der Waals surface area contributed by atoms with Crippen molar-refractivity contribution in [3.8, 4) is 5.75 Å². The average Bonchev–Trinajstić information content (AvgIpc) is 2.90. The predicted octanol–water partition coefficient (Wildman–Crippen LogP) is 4.39. The summed E-state index contributed by atoms with van der Waals surface area (Å²) in [6.07, 6.45) is 0. The minimum Gasteiger partial charge on any atom is -0.495 e. The van der Waals surface area contributed by atoms with Crippen molar-refractivity contribution in [1.82, 2.24) is 4.98 Å². The van der Waals surface area contributed by atoms with E-state index in [1.165, 1.54) is 0 Å². The Labute approximate surface area is 133 Å². The fraction of sp³-hybridized carbons (Fsp3) is 0.118. The lowest BCUT2D eigenvalue weighted by molar-refractivity contribution is 0.102. The van der Waals surface area contributed by atoms with Gasteiger partial charge in [-0.1, -0.05) is 23.7 Å².